The maximum Gasteiger partial charge on any atom is 0.261 e. The van der Waals surface area contributed by atoms with Gasteiger partial charge in [-0.15, -0.1) is 0 Å². The Morgan fingerprint density at radius 3 is 2.00 bits per heavy atom. The molecule has 3 aromatic rings. The lowest BCUT2D eigenvalue weighted by Gasteiger charge is -2.11. The average Bonchev–Trinajstić information content (AvgIpc) is 2.76. The summed E-state index contributed by atoms with van der Waals surface area (Å²) in [5.41, 5.74) is 2.42. The third-order valence-electron chi connectivity index (χ3n) is 4.71. The van der Waals surface area contributed by atoms with Crippen molar-refractivity contribution in [3.05, 3.63) is 83.9 Å². The molecule has 0 spiro atoms. The quantitative estimate of drug-likeness (QED) is 0.418. The number of rotatable bonds is 9. The minimum atomic E-state index is -3.80. The number of sulfonamides is 2. The molecule has 0 saturated heterocycles. The number of aryl methyl sites for hydroxylation is 1. The van der Waals surface area contributed by atoms with Gasteiger partial charge in [-0.3, -0.25) is 14.2 Å². The molecule has 3 rings (SSSR count). The first-order chi connectivity index (χ1) is 15.6. The minimum absolute atomic E-state index is 0.0255. The topological polar surface area (TPSA) is 121 Å². The Morgan fingerprint density at radius 1 is 0.788 bits per heavy atom. The van der Waals surface area contributed by atoms with Crippen LogP contribution >= 0.6 is 0 Å². The van der Waals surface area contributed by atoms with Crippen LogP contribution in [0.3, 0.4) is 0 Å². The molecule has 0 aromatic heterocycles. The van der Waals surface area contributed by atoms with Crippen LogP contribution in [0, 0.1) is 6.92 Å². The fourth-order valence-corrected chi connectivity index (χ4v) is 5.27. The molecule has 0 atom stereocenters. The highest BCUT2D eigenvalue weighted by Crippen LogP contribution is 2.20. The second-order valence-corrected chi connectivity index (χ2v) is 10.9. The van der Waals surface area contributed by atoms with Gasteiger partial charge in [0.2, 0.25) is 10.0 Å². The number of benzene rings is 3. The van der Waals surface area contributed by atoms with E-state index in [4.69, 9.17) is 0 Å². The molecule has 0 aliphatic heterocycles. The summed E-state index contributed by atoms with van der Waals surface area (Å²) >= 11 is 0. The summed E-state index contributed by atoms with van der Waals surface area (Å²) in [4.78, 5) is 12.6. The fraction of sp³-hybridized carbons (Fsp3) is 0.174. The van der Waals surface area contributed by atoms with Crippen LogP contribution in [0.1, 0.15) is 29.3 Å². The Labute approximate surface area is 194 Å². The molecule has 174 valence electrons. The zero-order chi connectivity index (χ0) is 24.1. The van der Waals surface area contributed by atoms with Crippen LogP contribution in [0.4, 0.5) is 17.1 Å². The normalized spacial score (nSPS) is 11.6. The first kappa shape index (κ1) is 24.3. The molecule has 8 nitrogen and oxygen atoms in total. The summed E-state index contributed by atoms with van der Waals surface area (Å²) in [5.74, 6) is -0.400. The van der Waals surface area contributed by atoms with E-state index in [0.29, 0.717) is 23.5 Å². The van der Waals surface area contributed by atoms with Crippen LogP contribution in [0.15, 0.2) is 77.7 Å². The van der Waals surface area contributed by atoms with Gasteiger partial charge in [-0.2, -0.15) is 0 Å². The van der Waals surface area contributed by atoms with Crippen molar-refractivity contribution >= 4 is 43.0 Å². The van der Waals surface area contributed by atoms with Crippen molar-refractivity contribution in [1.82, 2.24) is 0 Å². The van der Waals surface area contributed by atoms with Crippen LogP contribution in [0.2, 0.25) is 0 Å². The third kappa shape index (κ3) is 6.56. The molecule has 0 bridgehead atoms. The van der Waals surface area contributed by atoms with Crippen LogP contribution in [-0.4, -0.2) is 28.5 Å². The SMILES string of the molecule is CCCS(=O)(=O)Nc1ccc(NC(=O)c2ccc(S(=O)(=O)Nc3ccccc3C)cc2)cc1. The second kappa shape index (κ2) is 10.1. The predicted octanol–water partition coefficient (Wildman–Crippen LogP) is 4.20. The first-order valence-corrected chi connectivity index (χ1v) is 13.3. The molecule has 0 heterocycles. The van der Waals surface area contributed by atoms with Gasteiger partial charge in [0.05, 0.1) is 16.3 Å². The van der Waals surface area contributed by atoms with Gasteiger partial charge in [-0.05, 0) is 73.5 Å². The Morgan fingerprint density at radius 2 is 1.39 bits per heavy atom. The molecular weight excluding hydrogens is 462 g/mol. The molecule has 3 aromatic carbocycles. The van der Waals surface area contributed by atoms with E-state index < -0.39 is 26.0 Å². The molecule has 33 heavy (non-hydrogen) atoms. The molecule has 0 aliphatic rings. The predicted molar refractivity (Wildman–Crippen MR) is 131 cm³/mol. The zero-order valence-electron chi connectivity index (χ0n) is 18.2. The van der Waals surface area contributed by atoms with Crippen molar-refractivity contribution < 1.29 is 21.6 Å². The van der Waals surface area contributed by atoms with Crippen molar-refractivity contribution in [2.45, 2.75) is 25.2 Å². The average molecular weight is 488 g/mol. The number of carbonyl (C=O) groups is 1. The smallest absolute Gasteiger partial charge is 0.261 e. The monoisotopic (exact) mass is 487 g/mol. The number of hydrogen-bond donors (Lipinski definition) is 3. The molecule has 3 N–H and O–H groups in total. The van der Waals surface area contributed by atoms with E-state index in [1.54, 1.807) is 56.3 Å². The Hall–Kier alpha value is -3.37. The van der Waals surface area contributed by atoms with Crippen LogP contribution < -0.4 is 14.8 Å². The summed E-state index contributed by atoms with van der Waals surface area (Å²) in [6, 6.07) is 18.9. The maximum atomic E-state index is 12.6. The summed E-state index contributed by atoms with van der Waals surface area (Å²) in [5, 5.41) is 2.70. The van der Waals surface area contributed by atoms with Crippen LogP contribution in [0.25, 0.3) is 0 Å². The van der Waals surface area contributed by atoms with E-state index >= 15 is 0 Å². The van der Waals surface area contributed by atoms with Gasteiger partial charge in [0.15, 0.2) is 0 Å². The van der Waals surface area contributed by atoms with Gasteiger partial charge in [-0.1, -0.05) is 25.1 Å². The molecule has 0 radical (unpaired) electrons. The fourth-order valence-electron chi connectivity index (χ4n) is 3.00. The zero-order valence-corrected chi connectivity index (χ0v) is 19.8. The number of amides is 1. The summed E-state index contributed by atoms with van der Waals surface area (Å²) in [7, 11) is -7.19. The van der Waals surface area contributed by atoms with E-state index in [2.05, 4.69) is 14.8 Å². The number of anilines is 3. The van der Waals surface area contributed by atoms with Gasteiger partial charge < -0.3 is 5.32 Å². The van der Waals surface area contributed by atoms with Gasteiger partial charge in [0.25, 0.3) is 15.9 Å². The first-order valence-electron chi connectivity index (χ1n) is 10.2. The summed E-state index contributed by atoms with van der Waals surface area (Å²) in [6.07, 6.45) is 0.505. The summed E-state index contributed by atoms with van der Waals surface area (Å²) < 4.78 is 54.0. The van der Waals surface area contributed by atoms with E-state index in [0.717, 1.165) is 5.56 Å². The van der Waals surface area contributed by atoms with Gasteiger partial charge in [0, 0.05) is 16.9 Å². The van der Waals surface area contributed by atoms with E-state index in [9.17, 15) is 21.6 Å². The molecule has 0 unspecified atom stereocenters. The Kier molecular flexibility index (Phi) is 7.39. The molecule has 1 amide bonds. The number of nitrogens with one attached hydrogen (secondary N) is 3. The number of hydrogen-bond acceptors (Lipinski definition) is 5. The highest BCUT2D eigenvalue weighted by molar-refractivity contribution is 7.93. The summed E-state index contributed by atoms with van der Waals surface area (Å²) in [6.45, 7) is 3.58. The van der Waals surface area contributed by atoms with Gasteiger partial charge in [0.1, 0.15) is 0 Å². The Bertz CT molecular complexity index is 1340. The lowest BCUT2D eigenvalue weighted by molar-refractivity contribution is 0.102. The highest BCUT2D eigenvalue weighted by atomic mass is 32.2. The lowest BCUT2D eigenvalue weighted by Crippen LogP contribution is -2.16. The standard InChI is InChI=1S/C23H25N3O5S2/c1-3-16-32(28,29)25-20-12-10-19(11-13-20)24-23(27)18-8-14-21(15-9-18)33(30,31)26-22-7-5-4-6-17(22)2/h4-15,25-26H,3,16H2,1-2H3,(H,24,27). The lowest BCUT2D eigenvalue weighted by atomic mass is 10.2. The molecule has 10 heteroatoms. The molecule has 0 saturated carbocycles. The van der Waals surface area contributed by atoms with Gasteiger partial charge >= 0.3 is 0 Å². The molecule has 0 fully saturated rings. The number of carbonyl (C=O) groups excluding carboxylic acids is 1. The van der Waals surface area contributed by atoms with Crippen molar-refractivity contribution in [2.24, 2.45) is 0 Å². The van der Waals surface area contributed by atoms with Gasteiger partial charge in [-0.25, -0.2) is 16.8 Å². The van der Waals surface area contributed by atoms with Crippen LogP contribution in [0.5, 0.6) is 0 Å². The van der Waals surface area contributed by atoms with E-state index in [1.165, 1.54) is 24.3 Å². The largest absolute Gasteiger partial charge is 0.322 e. The van der Waals surface area contributed by atoms with E-state index in [-0.39, 0.29) is 16.2 Å². The van der Waals surface area contributed by atoms with Crippen molar-refractivity contribution in [3.8, 4) is 0 Å². The second-order valence-electron chi connectivity index (χ2n) is 7.40. The molecular formula is C23H25N3O5S2. The third-order valence-corrected chi connectivity index (χ3v) is 7.58. The van der Waals surface area contributed by atoms with Crippen LogP contribution in [-0.2, 0) is 20.0 Å². The minimum Gasteiger partial charge on any atom is -0.322 e. The van der Waals surface area contributed by atoms with Crippen molar-refractivity contribution in [3.63, 3.8) is 0 Å². The highest BCUT2D eigenvalue weighted by Gasteiger charge is 2.16. The maximum absolute atomic E-state index is 12.6. The van der Waals surface area contributed by atoms with Crippen molar-refractivity contribution in [2.75, 3.05) is 20.5 Å². The van der Waals surface area contributed by atoms with E-state index in [1.807, 2.05) is 6.07 Å². The number of para-hydroxylation sites is 1. The Balaban J connectivity index is 1.66. The molecule has 0 aliphatic carbocycles. The van der Waals surface area contributed by atoms with Crippen molar-refractivity contribution in [1.29, 1.82) is 0 Å².